The van der Waals surface area contributed by atoms with E-state index in [-0.39, 0.29) is 0 Å². The van der Waals surface area contributed by atoms with E-state index in [1.807, 2.05) is 0 Å². The van der Waals surface area contributed by atoms with Gasteiger partial charge in [-0.05, 0) is 87.9 Å². The summed E-state index contributed by atoms with van der Waals surface area (Å²) in [6.07, 6.45) is 0. The fraction of sp³-hybridized carbons (Fsp3) is 0. The van der Waals surface area contributed by atoms with E-state index in [2.05, 4.69) is 202 Å². The van der Waals surface area contributed by atoms with E-state index in [0.29, 0.717) is 0 Å². The molecule has 5 nitrogen and oxygen atoms in total. The molecular formula is C52H31N5. The first kappa shape index (κ1) is 30.6. The molecule has 0 unspecified atom stereocenters. The van der Waals surface area contributed by atoms with Crippen LogP contribution in [0.4, 0.5) is 0 Å². The lowest BCUT2D eigenvalue weighted by Gasteiger charge is -2.13. The second-order valence-electron chi connectivity index (χ2n) is 15.0. The monoisotopic (exact) mass is 725 g/mol. The minimum Gasteiger partial charge on any atom is -0.309 e. The van der Waals surface area contributed by atoms with E-state index in [1.54, 1.807) is 0 Å². The quantitative estimate of drug-likeness (QED) is 0.182. The average molecular weight is 726 g/mol. The van der Waals surface area contributed by atoms with Gasteiger partial charge in [-0.3, -0.25) is 8.97 Å². The van der Waals surface area contributed by atoms with Crippen LogP contribution in [0.5, 0.6) is 0 Å². The van der Waals surface area contributed by atoms with Crippen LogP contribution in [0.25, 0.3) is 116 Å². The fourth-order valence-electron chi connectivity index (χ4n) is 9.47. The molecule has 0 bridgehead atoms. The number of fused-ring (bicyclic) bond motifs is 15. The van der Waals surface area contributed by atoms with Crippen LogP contribution in [0.2, 0.25) is 0 Å². The van der Waals surface area contributed by atoms with Crippen molar-refractivity contribution in [2.75, 3.05) is 0 Å². The molecule has 0 atom stereocenters. The summed E-state index contributed by atoms with van der Waals surface area (Å²) in [7, 11) is 0. The van der Waals surface area contributed by atoms with Gasteiger partial charge in [0, 0.05) is 38.0 Å². The van der Waals surface area contributed by atoms with Gasteiger partial charge in [-0.25, -0.2) is 9.97 Å². The first-order valence-corrected chi connectivity index (χ1v) is 19.4. The highest BCUT2D eigenvalue weighted by Gasteiger charge is 2.22. The highest BCUT2D eigenvalue weighted by atomic mass is 15.2. The van der Waals surface area contributed by atoms with Gasteiger partial charge in [-0.1, -0.05) is 127 Å². The molecule has 4 heterocycles. The van der Waals surface area contributed by atoms with Crippen molar-refractivity contribution in [3.05, 3.63) is 188 Å². The maximum Gasteiger partial charge on any atom is 0.221 e. The Morgan fingerprint density at radius 2 is 1.00 bits per heavy atom. The molecule has 4 aromatic heterocycles. The minimum atomic E-state index is 0.821. The van der Waals surface area contributed by atoms with Crippen molar-refractivity contribution >= 4 is 92.7 Å². The summed E-state index contributed by atoms with van der Waals surface area (Å²) >= 11 is 0. The summed E-state index contributed by atoms with van der Waals surface area (Å²) in [5, 5.41) is 10.8. The Hall–Kier alpha value is -7.76. The van der Waals surface area contributed by atoms with Gasteiger partial charge in [-0.2, -0.15) is 0 Å². The summed E-state index contributed by atoms with van der Waals surface area (Å²) in [5.74, 6) is 0.821. The van der Waals surface area contributed by atoms with Gasteiger partial charge in [0.25, 0.3) is 0 Å². The van der Waals surface area contributed by atoms with Crippen molar-refractivity contribution in [2.45, 2.75) is 0 Å². The molecule has 0 radical (unpaired) electrons. The molecule has 57 heavy (non-hydrogen) atoms. The lowest BCUT2D eigenvalue weighted by atomic mass is 9.99. The summed E-state index contributed by atoms with van der Waals surface area (Å²) < 4.78 is 7.02. The zero-order valence-electron chi connectivity index (χ0n) is 30.6. The number of hydrogen-bond donors (Lipinski definition) is 0. The highest BCUT2D eigenvalue weighted by Crippen LogP contribution is 2.42. The summed E-state index contributed by atoms with van der Waals surface area (Å²) in [6, 6.07) is 67.8. The van der Waals surface area contributed by atoms with Crippen LogP contribution in [-0.4, -0.2) is 23.5 Å². The van der Waals surface area contributed by atoms with Crippen LogP contribution in [-0.2, 0) is 0 Å². The van der Waals surface area contributed by atoms with Gasteiger partial charge in [-0.15, -0.1) is 0 Å². The Balaban J connectivity index is 1.12. The van der Waals surface area contributed by atoms with E-state index in [1.165, 1.54) is 59.7 Å². The number of rotatable bonds is 3. The second-order valence-corrected chi connectivity index (χ2v) is 15.0. The van der Waals surface area contributed by atoms with Gasteiger partial charge in [0.1, 0.15) is 5.65 Å². The Bertz CT molecular complexity index is 3810. The number of para-hydroxylation sites is 4. The minimum absolute atomic E-state index is 0.821. The molecule has 0 saturated carbocycles. The standard InChI is InChI=1S/C52H31N5/c1-2-14-36(15-3-1)55-48-31-35(23-26-39(48)40-27-22-33-13-5-7-17-38(33)50(40)55)34-25-28-45-42(30-34)49-37-16-6-4-12-32(37)24-29-47(49)56(45)52-54-43-19-9-8-18-41(43)51-53-44-20-10-11-21-46(44)57(51)52/h1-31H. The van der Waals surface area contributed by atoms with Crippen LogP contribution in [0.1, 0.15) is 0 Å². The van der Waals surface area contributed by atoms with Gasteiger partial charge >= 0.3 is 0 Å². The van der Waals surface area contributed by atoms with Crippen molar-refractivity contribution in [2.24, 2.45) is 0 Å². The van der Waals surface area contributed by atoms with Crippen molar-refractivity contribution in [3.8, 4) is 22.8 Å². The third kappa shape index (κ3) is 4.23. The molecule has 13 aromatic rings. The van der Waals surface area contributed by atoms with Crippen molar-refractivity contribution in [3.63, 3.8) is 0 Å². The van der Waals surface area contributed by atoms with Crippen LogP contribution in [0.3, 0.4) is 0 Å². The van der Waals surface area contributed by atoms with Gasteiger partial charge in [0.05, 0.1) is 38.6 Å². The Morgan fingerprint density at radius 1 is 0.351 bits per heavy atom. The third-order valence-corrected chi connectivity index (χ3v) is 12.0. The predicted octanol–water partition coefficient (Wildman–Crippen LogP) is 13.2. The normalized spacial score (nSPS) is 12.2. The molecule has 0 aliphatic carbocycles. The van der Waals surface area contributed by atoms with Crippen LogP contribution < -0.4 is 0 Å². The number of benzene rings is 9. The number of hydrogen-bond acceptors (Lipinski definition) is 2. The Labute approximate surface area is 325 Å². The van der Waals surface area contributed by atoms with Gasteiger partial charge in [0.2, 0.25) is 5.95 Å². The molecule has 0 spiro atoms. The van der Waals surface area contributed by atoms with Gasteiger partial charge in [0.15, 0.2) is 0 Å². The fourth-order valence-corrected chi connectivity index (χ4v) is 9.47. The van der Waals surface area contributed by atoms with Gasteiger partial charge < -0.3 is 4.57 Å². The van der Waals surface area contributed by atoms with E-state index >= 15 is 0 Å². The molecular weight excluding hydrogens is 695 g/mol. The van der Waals surface area contributed by atoms with E-state index in [0.717, 1.165) is 55.8 Å². The molecule has 0 amide bonds. The smallest absolute Gasteiger partial charge is 0.221 e. The molecule has 0 fully saturated rings. The largest absolute Gasteiger partial charge is 0.309 e. The number of nitrogens with zero attached hydrogens (tertiary/aromatic N) is 5. The SMILES string of the molecule is c1ccc(-n2c3cc(-c4ccc5c(c4)c4c6ccccc6ccc4n5-c4nc5ccccc5c5nc6ccccc6n45)ccc3c3ccc4ccccc4c32)cc1. The van der Waals surface area contributed by atoms with Crippen LogP contribution in [0.15, 0.2) is 188 Å². The average Bonchev–Trinajstić information content (AvgIpc) is 3.94. The van der Waals surface area contributed by atoms with E-state index in [9.17, 15) is 0 Å². The predicted molar refractivity (Wildman–Crippen MR) is 237 cm³/mol. The third-order valence-electron chi connectivity index (χ3n) is 12.0. The first-order valence-electron chi connectivity index (χ1n) is 19.4. The van der Waals surface area contributed by atoms with Crippen LogP contribution in [0, 0.1) is 0 Å². The van der Waals surface area contributed by atoms with E-state index in [4.69, 9.17) is 9.97 Å². The van der Waals surface area contributed by atoms with Crippen LogP contribution >= 0.6 is 0 Å². The first-order chi connectivity index (χ1) is 28.3. The molecule has 0 aliphatic heterocycles. The second kappa shape index (κ2) is 11.4. The number of aromatic nitrogens is 5. The molecule has 0 aliphatic rings. The maximum absolute atomic E-state index is 5.43. The molecule has 9 aromatic carbocycles. The molecule has 5 heteroatoms. The lowest BCUT2D eigenvalue weighted by molar-refractivity contribution is 0.980. The molecule has 13 rings (SSSR count). The number of imidazole rings is 1. The molecule has 0 saturated heterocycles. The summed E-state index contributed by atoms with van der Waals surface area (Å²) in [6.45, 7) is 0. The maximum atomic E-state index is 5.43. The van der Waals surface area contributed by atoms with E-state index < -0.39 is 0 Å². The van der Waals surface area contributed by atoms with Crippen molar-refractivity contribution in [1.82, 2.24) is 23.5 Å². The Kier molecular flexibility index (Phi) is 6.10. The Morgan fingerprint density at radius 3 is 1.88 bits per heavy atom. The lowest BCUT2D eigenvalue weighted by Crippen LogP contribution is -2.06. The summed E-state index contributed by atoms with van der Waals surface area (Å²) in [5.41, 5.74) is 11.9. The molecule has 264 valence electrons. The summed E-state index contributed by atoms with van der Waals surface area (Å²) in [4.78, 5) is 10.6. The zero-order valence-corrected chi connectivity index (χ0v) is 30.6. The topological polar surface area (TPSA) is 40.0 Å². The van der Waals surface area contributed by atoms with Crippen molar-refractivity contribution in [1.29, 1.82) is 0 Å². The zero-order chi connectivity index (χ0) is 37.2. The molecule has 0 N–H and O–H groups in total. The highest BCUT2D eigenvalue weighted by molar-refractivity contribution is 6.22. The van der Waals surface area contributed by atoms with Crippen molar-refractivity contribution < 1.29 is 0 Å².